The number of rotatable bonds is 5. The van der Waals surface area contributed by atoms with Crippen molar-refractivity contribution in [2.45, 2.75) is 26.4 Å². The van der Waals surface area contributed by atoms with Gasteiger partial charge < -0.3 is 19.7 Å². The molecule has 2 aromatic rings. The lowest BCUT2D eigenvalue weighted by molar-refractivity contribution is -0.125. The Balaban J connectivity index is 1.83. The molecule has 6 nitrogen and oxygen atoms in total. The topological polar surface area (TPSA) is 67.9 Å². The molecule has 1 aliphatic heterocycles. The van der Waals surface area contributed by atoms with Crippen LogP contribution in [0.15, 0.2) is 42.5 Å². The number of nitrogens with zero attached hydrogens (tertiary/aromatic N) is 1. The van der Waals surface area contributed by atoms with Crippen LogP contribution in [0.1, 0.15) is 30.6 Å². The van der Waals surface area contributed by atoms with Crippen LogP contribution in [-0.2, 0) is 4.79 Å². The van der Waals surface area contributed by atoms with Crippen LogP contribution >= 0.6 is 0 Å². The molecule has 1 heterocycles. The SMILES string of the molecule is CCCN1C(=O)C(C)Oc2ccc(NC(=O)c3ccc(OC)cc3)cc21. The number of benzene rings is 2. The lowest BCUT2D eigenvalue weighted by Crippen LogP contribution is -2.44. The predicted octanol–water partition coefficient (Wildman–Crippen LogP) is 3.47. The van der Waals surface area contributed by atoms with Crippen LogP contribution in [0.4, 0.5) is 11.4 Å². The molecule has 1 unspecified atom stereocenters. The Hall–Kier alpha value is -3.02. The van der Waals surface area contributed by atoms with E-state index < -0.39 is 6.10 Å². The van der Waals surface area contributed by atoms with Gasteiger partial charge in [-0.05, 0) is 55.8 Å². The Morgan fingerprint density at radius 1 is 1.23 bits per heavy atom. The molecule has 0 saturated carbocycles. The van der Waals surface area contributed by atoms with Crippen LogP contribution in [-0.4, -0.2) is 31.6 Å². The minimum atomic E-state index is -0.506. The fourth-order valence-electron chi connectivity index (χ4n) is 2.88. The van der Waals surface area contributed by atoms with Crippen LogP contribution in [0.2, 0.25) is 0 Å². The molecule has 0 spiro atoms. The van der Waals surface area contributed by atoms with E-state index in [1.807, 2.05) is 6.92 Å². The molecule has 1 N–H and O–H groups in total. The van der Waals surface area contributed by atoms with Gasteiger partial charge in [0, 0.05) is 17.8 Å². The summed E-state index contributed by atoms with van der Waals surface area (Å²) < 4.78 is 10.8. The van der Waals surface area contributed by atoms with E-state index in [4.69, 9.17) is 9.47 Å². The van der Waals surface area contributed by atoms with Crippen molar-refractivity contribution < 1.29 is 19.1 Å². The Kier molecular flexibility index (Phi) is 5.11. The molecule has 2 aromatic carbocycles. The van der Waals surface area contributed by atoms with Crippen molar-refractivity contribution in [3.63, 3.8) is 0 Å². The van der Waals surface area contributed by atoms with Crippen molar-refractivity contribution in [2.24, 2.45) is 0 Å². The molecule has 1 atom stereocenters. The number of amides is 2. The lowest BCUT2D eigenvalue weighted by Gasteiger charge is -2.33. The summed E-state index contributed by atoms with van der Waals surface area (Å²) in [7, 11) is 1.58. The second-order valence-corrected chi connectivity index (χ2v) is 6.12. The molecular formula is C20H22N2O4. The van der Waals surface area contributed by atoms with Gasteiger partial charge in [-0.3, -0.25) is 9.59 Å². The smallest absolute Gasteiger partial charge is 0.267 e. The maximum atomic E-state index is 12.4. The van der Waals surface area contributed by atoms with Crippen LogP contribution in [0.25, 0.3) is 0 Å². The molecular weight excluding hydrogens is 332 g/mol. The number of methoxy groups -OCH3 is 1. The predicted molar refractivity (Wildman–Crippen MR) is 100 cm³/mol. The molecule has 136 valence electrons. The van der Waals surface area contributed by atoms with Gasteiger partial charge in [-0.15, -0.1) is 0 Å². The van der Waals surface area contributed by atoms with E-state index in [0.29, 0.717) is 35.0 Å². The zero-order chi connectivity index (χ0) is 18.7. The Morgan fingerprint density at radius 3 is 2.62 bits per heavy atom. The van der Waals surface area contributed by atoms with E-state index in [1.54, 1.807) is 61.4 Å². The van der Waals surface area contributed by atoms with Gasteiger partial charge in [0.2, 0.25) is 0 Å². The van der Waals surface area contributed by atoms with E-state index in [1.165, 1.54) is 0 Å². The highest BCUT2D eigenvalue weighted by Crippen LogP contribution is 2.36. The first-order valence-corrected chi connectivity index (χ1v) is 8.61. The summed E-state index contributed by atoms with van der Waals surface area (Å²) in [6, 6.07) is 12.2. The third kappa shape index (κ3) is 3.49. The van der Waals surface area contributed by atoms with Gasteiger partial charge in [-0.2, -0.15) is 0 Å². The summed E-state index contributed by atoms with van der Waals surface area (Å²) in [5.74, 6) is 1.03. The number of anilines is 2. The van der Waals surface area contributed by atoms with E-state index >= 15 is 0 Å². The maximum absolute atomic E-state index is 12.4. The van der Waals surface area contributed by atoms with Gasteiger partial charge in [-0.25, -0.2) is 0 Å². The zero-order valence-electron chi connectivity index (χ0n) is 15.1. The van der Waals surface area contributed by atoms with Crippen LogP contribution in [0.3, 0.4) is 0 Å². The van der Waals surface area contributed by atoms with E-state index in [9.17, 15) is 9.59 Å². The van der Waals surface area contributed by atoms with Crippen LogP contribution < -0.4 is 19.7 Å². The molecule has 0 bridgehead atoms. The molecule has 2 amide bonds. The number of carbonyl (C=O) groups excluding carboxylic acids is 2. The summed E-state index contributed by atoms with van der Waals surface area (Å²) in [4.78, 5) is 26.6. The lowest BCUT2D eigenvalue weighted by atomic mass is 10.1. The van der Waals surface area contributed by atoms with Crippen molar-refractivity contribution in [1.82, 2.24) is 0 Å². The quantitative estimate of drug-likeness (QED) is 0.893. The molecule has 0 aromatic heterocycles. The molecule has 3 rings (SSSR count). The Morgan fingerprint density at radius 2 is 1.96 bits per heavy atom. The first kappa shape index (κ1) is 17.8. The van der Waals surface area contributed by atoms with E-state index in [2.05, 4.69) is 5.32 Å². The third-order valence-corrected chi connectivity index (χ3v) is 4.22. The van der Waals surface area contributed by atoms with Crippen molar-refractivity contribution in [3.05, 3.63) is 48.0 Å². The normalized spacial score (nSPS) is 15.9. The maximum Gasteiger partial charge on any atom is 0.267 e. The van der Waals surface area contributed by atoms with Gasteiger partial charge >= 0.3 is 0 Å². The second kappa shape index (κ2) is 7.47. The number of ether oxygens (including phenoxy) is 2. The first-order valence-electron chi connectivity index (χ1n) is 8.61. The molecule has 0 saturated heterocycles. The fourth-order valence-corrected chi connectivity index (χ4v) is 2.88. The Labute approximate surface area is 152 Å². The molecule has 26 heavy (non-hydrogen) atoms. The molecule has 0 radical (unpaired) electrons. The van der Waals surface area contributed by atoms with E-state index in [-0.39, 0.29) is 11.8 Å². The first-order chi connectivity index (χ1) is 12.5. The second-order valence-electron chi connectivity index (χ2n) is 6.12. The van der Waals surface area contributed by atoms with Gasteiger partial charge in [0.25, 0.3) is 11.8 Å². The Bertz CT molecular complexity index is 817. The van der Waals surface area contributed by atoms with Gasteiger partial charge in [0.1, 0.15) is 11.5 Å². The van der Waals surface area contributed by atoms with Gasteiger partial charge in [0.15, 0.2) is 6.10 Å². The molecule has 1 aliphatic rings. The van der Waals surface area contributed by atoms with Crippen LogP contribution in [0, 0.1) is 0 Å². The summed E-state index contributed by atoms with van der Waals surface area (Å²) >= 11 is 0. The van der Waals surface area contributed by atoms with Crippen molar-refractivity contribution in [3.8, 4) is 11.5 Å². The number of carbonyl (C=O) groups is 2. The third-order valence-electron chi connectivity index (χ3n) is 4.22. The summed E-state index contributed by atoms with van der Waals surface area (Å²) in [6.07, 6.45) is 0.328. The largest absolute Gasteiger partial charge is 0.497 e. The number of nitrogens with one attached hydrogen (secondary N) is 1. The summed E-state index contributed by atoms with van der Waals surface area (Å²) in [5, 5.41) is 2.86. The van der Waals surface area contributed by atoms with Gasteiger partial charge in [-0.1, -0.05) is 6.92 Å². The van der Waals surface area contributed by atoms with Gasteiger partial charge in [0.05, 0.1) is 12.8 Å². The monoisotopic (exact) mass is 354 g/mol. The molecule has 6 heteroatoms. The minimum absolute atomic E-state index is 0.0713. The van der Waals surface area contributed by atoms with Crippen molar-refractivity contribution in [1.29, 1.82) is 0 Å². The summed E-state index contributed by atoms with van der Waals surface area (Å²) in [5.41, 5.74) is 1.81. The van der Waals surface area contributed by atoms with Crippen LogP contribution in [0.5, 0.6) is 11.5 Å². The van der Waals surface area contributed by atoms with E-state index in [0.717, 1.165) is 6.42 Å². The summed E-state index contributed by atoms with van der Waals surface area (Å²) in [6.45, 7) is 4.37. The van der Waals surface area contributed by atoms with Crippen molar-refractivity contribution in [2.75, 3.05) is 23.9 Å². The average Bonchev–Trinajstić information content (AvgIpc) is 2.66. The number of hydrogen-bond acceptors (Lipinski definition) is 4. The van der Waals surface area contributed by atoms with Crippen molar-refractivity contribution >= 4 is 23.2 Å². The molecule has 0 fully saturated rings. The molecule has 0 aliphatic carbocycles. The fraction of sp³-hybridized carbons (Fsp3) is 0.300. The number of fused-ring (bicyclic) bond motifs is 1. The average molecular weight is 354 g/mol. The number of hydrogen-bond donors (Lipinski definition) is 1. The standard InChI is InChI=1S/C20H22N2O4/c1-4-11-22-17-12-15(7-10-18(17)26-13(2)20(22)24)21-19(23)14-5-8-16(25-3)9-6-14/h5-10,12-13H,4,11H2,1-3H3,(H,21,23). The highest BCUT2D eigenvalue weighted by molar-refractivity contribution is 6.05. The minimum Gasteiger partial charge on any atom is -0.497 e. The zero-order valence-corrected chi connectivity index (χ0v) is 15.1. The highest BCUT2D eigenvalue weighted by atomic mass is 16.5. The highest BCUT2D eigenvalue weighted by Gasteiger charge is 2.31.